The zero-order valence-electron chi connectivity index (χ0n) is 15.9. The zero-order chi connectivity index (χ0) is 19.6. The van der Waals surface area contributed by atoms with Crippen molar-refractivity contribution in [3.8, 4) is 11.4 Å². The van der Waals surface area contributed by atoms with E-state index in [1.54, 1.807) is 0 Å². The van der Waals surface area contributed by atoms with Crippen molar-refractivity contribution >= 4 is 23.4 Å². The monoisotopic (exact) mass is 381 g/mol. The molecule has 0 spiro atoms. The average molecular weight is 382 g/mol. The van der Waals surface area contributed by atoms with E-state index in [9.17, 15) is 4.79 Å². The summed E-state index contributed by atoms with van der Waals surface area (Å²) in [6.07, 6.45) is 0. The van der Waals surface area contributed by atoms with E-state index in [1.807, 2.05) is 70.2 Å². The van der Waals surface area contributed by atoms with Crippen LogP contribution in [-0.2, 0) is 4.79 Å². The van der Waals surface area contributed by atoms with E-state index < -0.39 is 0 Å². The van der Waals surface area contributed by atoms with Gasteiger partial charge >= 0.3 is 0 Å². The molecule has 0 bridgehead atoms. The van der Waals surface area contributed by atoms with Gasteiger partial charge in [0.25, 0.3) is 0 Å². The number of rotatable bonds is 5. The quantitative estimate of drug-likeness (QED) is 0.520. The highest BCUT2D eigenvalue weighted by molar-refractivity contribution is 8.00. The van der Waals surface area contributed by atoms with Crippen LogP contribution in [0.3, 0.4) is 0 Å². The minimum atomic E-state index is -0.373. The van der Waals surface area contributed by atoms with Crippen molar-refractivity contribution in [1.82, 2.24) is 14.9 Å². The predicted molar refractivity (Wildman–Crippen MR) is 110 cm³/mol. The van der Waals surface area contributed by atoms with E-state index in [0.717, 1.165) is 27.9 Å². The first kappa shape index (κ1) is 19.0. The summed E-state index contributed by atoms with van der Waals surface area (Å²) in [7, 11) is 0. The number of aromatic nitrogens is 3. The lowest BCUT2D eigenvalue weighted by atomic mass is 10.1. The molecule has 140 valence electrons. The third-order valence-corrected chi connectivity index (χ3v) is 5.40. The number of carbonyl (C=O) groups excluding carboxylic acids is 1. The number of benzene rings is 2. The topological polar surface area (TPSA) is 85.8 Å². The minimum absolute atomic E-state index is 0.104. The molecule has 0 aliphatic carbocycles. The molecule has 1 aromatic heterocycles. The minimum Gasteiger partial charge on any atom is -0.335 e. The Balaban J connectivity index is 1.73. The molecule has 3 rings (SSSR count). The van der Waals surface area contributed by atoms with E-state index in [0.29, 0.717) is 11.0 Å². The third kappa shape index (κ3) is 4.14. The summed E-state index contributed by atoms with van der Waals surface area (Å²) in [5.41, 5.74) is 4.99. The maximum absolute atomic E-state index is 12.6. The van der Waals surface area contributed by atoms with Crippen LogP contribution in [0, 0.1) is 20.8 Å². The van der Waals surface area contributed by atoms with Crippen LogP contribution in [0.15, 0.2) is 47.6 Å². The lowest BCUT2D eigenvalue weighted by Gasteiger charge is -2.13. The molecule has 6 nitrogen and oxygen atoms in total. The smallest absolute Gasteiger partial charge is 0.237 e. The van der Waals surface area contributed by atoms with Gasteiger partial charge in [0.2, 0.25) is 11.1 Å². The maximum Gasteiger partial charge on any atom is 0.237 e. The summed E-state index contributed by atoms with van der Waals surface area (Å²) in [6, 6.07) is 13.8. The Labute approximate surface area is 163 Å². The van der Waals surface area contributed by atoms with Crippen molar-refractivity contribution in [1.29, 1.82) is 0 Å². The molecule has 2 aromatic carbocycles. The van der Waals surface area contributed by atoms with E-state index in [2.05, 4.69) is 15.5 Å². The molecule has 0 saturated heterocycles. The van der Waals surface area contributed by atoms with Crippen LogP contribution in [0.4, 0.5) is 5.69 Å². The maximum atomic E-state index is 12.6. The standard InChI is InChI=1S/C20H23N5OS/c1-12-9-10-17(14(3)11-12)22-19(26)15(4)27-20-24-23-18(25(20)21)16-8-6-5-7-13(16)2/h5-11,15H,21H2,1-4H3,(H,22,26)/t15-/m0/s1. The number of hydrogen-bond acceptors (Lipinski definition) is 5. The van der Waals surface area contributed by atoms with Gasteiger partial charge in [0.05, 0.1) is 5.25 Å². The molecule has 0 aliphatic rings. The summed E-state index contributed by atoms with van der Waals surface area (Å²) in [5.74, 6) is 6.66. The first-order valence-corrected chi connectivity index (χ1v) is 9.56. The van der Waals surface area contributed by atoms with E-state index in [1.165, 1.54) is 16.4 Å². The fraction of sp³-hybridized carbons (Fsp3) is 0.250. The first-order valence-electron chi connectivity index (χ1n) is 8.68. The van der Waals surface area contributed by atoms with Gasteiger partial charge in [0, 0.05) is 11.3 Å². The second-order valence-electron chi connectivity index (χ2n) is 6.56. The van der Waals surface area contributed by atoms with Gasteiger partial charge in [-0.1, -0.05) is 53.7 Å². The number of nitrogens with one attached hydrogen (secondary N) is 1. The lowest BCUT2D eigenvalue weighted by Crippen LogP contribution is -2.24. The fourth-order valence-electron chi connectivity index (χ4n) is 2.76. The number of thioether (sulfide) groups is 1. The molecule has 1 amide bonds. The second-order valence-corrected chi connectivity index (χ2v) is 7.87. The second kappa shape index (κ2) is 7.84. The Hall–Kier alpha value is -2.80. The van der Waals surface area contributed by atoms with Gasteiger partial charge in [-0.2, -0.15) is 0 Å². The van der Waals surface area contributed by atoms with Crippen LogP contribution < -0.4 is 11.2 Å². The van der Waals surface area contributed by atoms with Crippen LogP contribution in [0.5, 0.6) is 0 Å². The number of nitrogens with zero attached hydrogens (tertiary/aromatic N) is 3. The average Bonchev–Trinajstić information content (AvgIpc) is 2.98. The number of anilines is 1. The van der Waals surface area contributed by atoms with Gasteiger partial charge in [0.1, 0.15) is 0 Å². The Morgan fingerprint density at radius 2 is 1.85 bits per heavy atom. The van der Waals surface area contributed by atoms with Gasteiger partial charge in [-0.3, -0.25) is 4.79 Å². The molecule has 0 fully saturated rings. The third-order valence-electron chi connectivity index (χ3n) is 4.34. The lowest BCUT2D eigenvalue weighted by molar-refractivity contribution is -0.115. The molecule has 0 unspecified atom stereocenters. The number of amides is 1. The van der Waals surface area contributed by atoms with Crippen LogP contribution in [-0.4, -0.2) is 26.0 Å². The number of nitrogen functional groups attached to an aromatic ring is 1. The molecule has 3 aromatic rings. The molecule has 0 radical (unpaired) electrons. The van der Waals surface area contributed by atoms with Crippen molar-refractivity contribution in [3.63, 3.8) is 0 Å². The largest absolute Gasteiger partial charge is 0.335 e. The highest BCUT2D eigenvalue weighted by atomic mass is 32.2. The summed E-state index contributed by atoms with van der Waals surface area (Å²) in [5, 5.41) is 11.5. The summed E-state index contributed by atoms with van der Waals surface area (Å²) >= 11 is 1.28. The summed E-state index contributed by atoms with van der Waals surface area (Å²) in [4.78, 5) is 12.6. The Kier molecular flexibility index (Phi) is 5.51. The molecule has 1 atom stereocenters. The SMILES string of the molecule is Cc1ccc(NC(=O)[C@H](C)Sc2nnc(-c3ccccc3C)n2N)c(C)c1. The normalized spacial score (nSPS) is 12.0. The van der Waals surface area contributed by atoms with E-state index >= 15 is 0 Å². The van der Waals surface area contributed by atoms with E-state index in [-0.39, 0.29) is 11.2 Å². The van der Waals surface area contributed by atoms with Crippen LogP contribution in [0.1, 0.15) is 23.6 Å². The molecule has 0 aliphatic heterocycles. The Morgan fingerprint density at radius 1 is 1.11 bits per heavy atom. The highest BCUT2D eigenvalue weighted by Gasteiger charge is 2.21. The Morgan fingerprint density at radius 3 is 2.56 bits per heavy atom. The van der Waals surface area contributed by atoms with Crippen molar-refractivity contribution in [2.45, 2.75) is 38.1 Å². The molecule has 0 saturated carbocycles. The molecule has 1 heterocycles. The first-order chi connectivity index (χ1) is 12.9. The van der Waals surface area contributed by atoms with E-state index in [4.69, 9.17) is 5.84 Å². The molecule has 3 N–H and O–H groups in total. The van der Waals surface area contributed by atoms with Gasteiger partial charge in [0.15, 0.2) is 5.82 Å². The number of carbonyl (C=O) groups is 1. The fourth-order valence-corrected chi connectivity index (χ4v) is 3.53. The van der Waals surface area contributed by atoms with Gasteiger partial charge in [-0.05, 0) is 44.9 Å². The molecule has 7 heteroatoms. The number of hydrogen-bond donors (Lipinski definition) is 2. The highest BCUT2D eigenvalue weighted by Crippen LogP contribution is 2.27. The summed E-state index contributed by atoms with van der Waals surface area (Å²) in [6.45, 7) is 7.82. The Bertz CT molecular complexity index is 982. The van der Waals surface area contributed by atoms with Gasteiger partial charge in [-0.15, -0.1) is 10.2 Å². The molecular formula is C20H23N5OS. The molecule has 27 heavy (non-hydrogen) atoms. The summed E-state index contributed by atoms with van der Waals surface area (Å²) < 4.78 is 1.44. The zero-order valence-corrected chi connectivity index (χ0v) is 16.7. The van der Waals surface area contributed by atoms with Crippen molar-refractivity contribution in [2.75, 3.05) is 11.2 Å². The van der Waals surface area contributed by atoms with Crippen LogP contribution in [0.2, 0.25) is 0 Å². The van der Waals surface area contributed by atoms with Crippen LogP contribution in [0.25, 0.3) is 11.4 Å². The van der Waals surface area contributed by atoms with Gasteiger partial charge < -0.3 is 11.2 Å². The number of aryl methyl sites for hydroxylation is 3. The van der Waals surface area contributed by atoms with Crippen molar-refractivity contribution in [2.24, 2.45) is 0 Å². The van der Waals surface area contributed by atoms with Crippen LogP contribution >= 0.6 is 11.8 Å². The van der Waals surface area contributed by atoms with Crippen molar-refractivity contribution in [3.05, 3.63) is 59.2 Å². The molecular weight excluding hydrogens is 358 g/mol. The number of nitrogens with two attached hydrogens (primary N) is 1. The van der Waals surface area contributed by atoms with Crippen molar-refractivity contribution < 1.29 is 4.79 Å². The predicted octanol–water partition coefficient (Wildman–Crippen LogP) is 3.70. The van der Waals surface area contributed by atoms with Gasteiger partial charge in [-0.25, -0.2) is 4.68 Å².